The van der Waals surface area contributed by atoms with Gasteiger partial charge in [0, 0.05) is 18.4 Å². The van der Waals surface area contributed by atoms with Crippen molar-refractivity contribution in [3.8, 4) is 11.4 Å². The van der Waals surface area contributed by atoms with Crippen molar-refractivity contribution >= 4 is 0 Å². The lowest BCUT2D eigenvalue weighted by atomic mass is 9.94. The molecule has 0 radical (unpaired) electrons. The van der Waals surface area contributed by atoms with Crippen LogP contribution >= 0.6 is 0 Å². The highest BCUT2D eigenvalue weighted by Gasteiger charge is 2.15. The Kier molecular flexibility index (Phi) is 4.60. The van der Waals surface area contributed by atoms with E-state index < -0.39 is 0 Å². The zero-order valence-electron chi connectivity index (χ0n) is 12.6. The van der Waals surface area contributed by atoms with Gasteiger partial charge in [-0.3, -0.25) is 4.68 Å². The summed E-state index contributed by atoms with van der Waals surface area (Å²) in [7, 11) is 0. The third kappa shape index (κ3) is 3.47. The molecule has 5 nitrogen and oxygen atoms in total. The summed E-state index contributed by atoms with van der Waals surface area (Å²) in [4.78, 5) is 8.88. The monoisotopic (exact) mass is 285 g/mol. The molecule has 112 valence electrons. The van der Waals surface area contributed by atoms with Gasteiger partial charge in [-0.15, -0.1) is 0 Å². The molecular formula is C16H23N5. The van der Waals surface area contributed by atoms with Crippen LogP contribution in [0, 0.1) is 5.92 Å². The van der Waals surface area contributed by atoms with E-state index >= 15 is 0 Å². The van der Waals surface area contributed by atoms with Gasteiger partial charge in [0.1, 0.15) is 6.33 Å². The highest BCUT2D eigenvalue weighted by Crippen LogP contribution is 2.20. The van der Waals surface area contributed by atoms with E-state index in [4.69, 9.17) is 0 Å². The van der Waals surface area contributed by atoms with E-state index in [2.05, 4.69) is 33.4 Å². The van der Waals surface area contributed by atoms with Gasteiger partial charge >= 0.3 is 0 Å². The van der Waals surface area contributed by atoms with E-state index in [-0.39, 0.29) is 0 Å². The molecule has 5 heteroatoms. The fourth-order valence-corrected chi connectivity index (χ4v) is 2.98. The van der Waals surface area contributed by atoms with Crippen molar-refractivity contribution < 1.29 is 0 Å². The SMILES string of the molecule is CCCn1nccc1-c1cc(C[C@@H]2CCCNC2)ncn1. The van der Waals surface area contributed by atoms with Crippen LogP contribution < -0.4 is 5.32 Å². The Hall–Kier alpha value is -1.75. The first-order valence-corrected chi connectivity index (χ1v) is 7.90. The van der Waals surface area contributed by atoms with Gasteiger partial charge in [-0.05, 0) is 56.8 Å². The minimum Gasteiger partial charge on any atom is -0.316 e. The number of hydrogen-bond acceptors (Lipinski definition) is 4. The second-order valence-electron chi connectivity index (χ2n) is 5.75. The van der Waals surface area contributed by atoms with Gasteiger partial charge in [-0.1, -0.05) is 6.92 Å². The predicted octanol–water partition coefficient (Wildman–Crippen LogP) is 2.29. The molecule has 0 unspecified atom stereocenters. The Morgan fingerprint density at radius 1 is 1.38 bits per heavy atom. The lowest BCUT2D eigenvalue weighted by Gasteiger charge is -2.22. The minimum absolute atomic E-state index is 0.696. The van der Waals surface area contributed by atoms with Crippen LogP contribution in [0.2, 0.25) is 0 Å². The molecular weight excluding hydrogens is 262 g/mol. The molecule has 21 heavy (non-hydrogen) atoms. The van der Waals surface area contributed by atoms with Crippen molar-refractivity contribution in [1.82, 2.24) is 25.1 Å². The smallest absolute Gasteiger partial charge is 0.116 e. The summed E-state index contributed by atoms with van der Waals surface area (Å²) in [6.07, 6.45) is 8.19. The van der Waals surface area contributed by atoms with E-state index in [0.29, 0.717) is 5.92 Å². The number of piperidine rings is 1. The molecule has 1 N–H and O–H groups in total. The van der Waals surface area contributed by atoms with Crippen molar-refractivity contribution in [2.75, 3.05) is 13.1 Å². The van der Waals surface area contributed by atoms with E-state index in [1.54, 1.807) is 6.33 Å². The number of nitrogens with zero attached hydrogens (tertiary/aromatic N) is 4. The highest BCUT2D eigenvalue weighted by atomic mass is 15.3. The Balaban J connectivity index is 1.77. The van der Waals surface area contributed by atoms with Crippen LogP contribution in [-0.4, -0.2) is 32.8 Å². The Bertz CT molecular complexity index is 572. The van der Waals surface area contributed by atoms with E-state index in [1.165, 1.54) is 12.8 Å². The lowest BCUT2D eigenvalue weighted by molar-refractivity contribution is 0.373. The van der Waals surface area contributed by atoms with Crippen molar-refractivity contribution in [3.05, 3.63) is 30.4 Å². The van der Waals surface area contributed by atoms with E-state index in [0.717, 1.165) is 49.6 Å². The molecule has 1 aliphatic heterocycles. The number of aromatic nitrogens is 4. The minimum atomic E-state index is 0.696. The molecule has 0 saturated carbocycles. The Labute approximate surface area is 125 Å². The summed E-state index contributed by atoms with van der Waals surface area (Å²) >= 11 is 0. The maximum atomic E-state index is 4.45. The molecule has 0 spiro atoms. The van der Waals surface area contributed by atoms with Crippen molar-refractivity contribution in [2.45, 2.75) is 39.2 Å². The van der Waals surface area contributed by atoms with E-state index in [9.17, 15) is 0 Å². The first-order chi connectivity index (χ1) is 10.4. The van der Waals surface area contributed by atoms with Gasteiger partial charge in [0.2, 0.25) is 0 Å². The van der Waals surface area contributed by atoms with Crippen LogP contribution in [0.3, 0.4) is 0 Å². The topological polar surface area (TPSA) is 55.6 Å². The first kappa shape index (κ1) is 14.2. The van der Waals surface area contributed by atoms with Crippen LogP contribution in [0.4, 0.5) is 0 Å². The Morgan fingerprint density at radius 3 is 3.14 bits per heavy atom. The summed E-state index contributed by atoms with van der Waals surface area (Å²) in [6.45, 7) is 5.34. The van der Waals surface area contributed by atoms with Crippen LogP contribution in [0.5, 0.6) is 0 Å². The van der Waals surface area contributed by atoms with Gasteiger partial charge in [-0.2, -0.15) is 5.10 Å². The molecule has 1 saturated heterocycles. The summed E-state index contributed by atoms with van der Waals surface area (Å²) in [5.41, 5.74) is 3.20. The van der Waals surface area contributed by atoms with Gasteiger partial charge in [-0.25, -0.2) is 9.97 Å². The van der Waals surface area contributed by atoms with Crippen molar-refractivity contribution in [2.24, 2.45) is 5.92 Å². The summed E-state index contributed by atoms with van der Waals surface area (Å²) in [5, 5.41) is 7.84. The molecule has 3 rings (SSSR count). The highest BCUT2D eigenvalue weighted by molar-refractivity contribution is 5.54. The molecule has 1 atom stereocenters. The summed E-state index contributed by atoms with van der Waals surface area (Å²) in [6, 6.07) is 4.15. The summed E-state index contributed by atoms with van der Waals surface area (Å²) in [5.74, 6) is 0.696. The van der Waals surface area contributed by atoms with Gasteiger partial charge in [0.05, 0.1) is 11.4 Å². The average Bonchev–Trinajstić information content (AvgIpc) is 2.97. The third-order valence-electron chi connectivity index (χ3n) is 4.03. The largest absolute Gasteiger partial charge is 0.316 e. The molecule has 1 fully saturated rings. The van der Waals surface area contributed by atoms with Gasteiger partial charge < -0.3 is 5.32 Å². The fraction of sp³-hybridized carbons (Fsp3) is 0.562. The summed E-state index contributed by atoms with van der Waals surface area (Å²) < 4.78 is 2.02. The molecule has 2 aromatic rings. The molecule has 3 heterocycles. The van der Waals surface area contributed by atoms with Crippen molar-refractivity contribution in [3.63, 3.8) is 0 Å². The molecule has 0 aromatic carbocycles. The molecule has 1 aliphatic rings. The second kappa shape index (κ2) is 6.80. The maximum absolute atomic E-state index is 4.45. The average molecular weight is 285 g/mol. The van der Waals surface area contributed by atoms with Gasteiger partial charge in [0.15, 0.2) is 0 Å². The number of hydrogen-bond donors (Lipinski definition) is 1. The van der Waals surface area contributed by atoms with Crippen LogP contribution in [0.1, 0.15) is 31.9 Å². The number of nitrogens with one attached hydrogen (secondary N) is 1. The molecule has 2 aromatic heterocycles. The molecule has 0 bridgehead atoms. The normalized spacial score (nSPS) is 18.8. The number of rotatable bonds is 5. The Morgan fingerprint density at radius 2 is 2.33 bits per heavy atom. The van der Waals surface area contributed by atoms with Crippen LogP contribution in [0.25, 0.3) is 11.4 Å². The lowest BCUT2D eigenvalue weighted by Crippen LogP contribution is -2.31. The van der Waals surface area contributed by atoms with Crippen LogP contribution in [-0.2, 0) is 13.0 Å². The predicted molar refractivity (Wildman–Crippen MR) is 82.8 cm³/mol. The fourth-order valence-electron chi connectivity index (χ4n) is 2.98. The third-order valence-corrected chi connectivity index (χ3v) is 4.03. The van der Waals surface area contributed by atoms with Crippen LogP contribution in [0.15, 0.2) is 24.7 Å². The van der Waals surface area contributed by atoms with E-state index in [1.807, 2.05) is 16.9 Å². The second-order valence-corrected chi connectivity index (χ2v) is 5.75. The zero-order valence-corrected chi connectivity index (χ0v) is 12.6. The molecule has 0 aliphatic carbocycles. The molecule has 0 amide bonds. The standard InChI is InChI=1S/C16H23N5/c1-2-8-21-16(5-7-20-21)15-10-14(18-12-19-15)9-13-4-3-6-17-11-13/h5,7,10,12-13,17H,2-4,6,8-9,11H2,1H3/t13-/m0/s1. The number of aryl methyl sites for hydroxylation is 1. The quantitative estimate of drug-likeness (QED) is 0.916. The maximum Gasteiger partial charge on any atom is 0.116 e. The van der Waals surface area contributed by atoms with Gasteiger partial charge in [0.25, 0.3) is 0 Å². The van der Waals surface area contributed by atoms with Crippen molar-refractivity contribution in [1.29, 1.82) is 0 Å². The first-order valence-electron chi connectivity index (χ1n) is 7.90. The zero-order chi connectivity index (χ0) is 14.5.